The van der Waals surface area contributed by atoms with Crippen LogP contribution in [0.15, 0.2) is 24.5 Å². The van der Waals surface area contributed by atoms with Crippen molar-refractivity contribution in [1.29, 1.82) is 0 Å². The molecule has 0 radical (unpaired) electrons. The molecule has 0 spiro atoms. The first-order valence-corrected chi connectivity index (χ1v) is 5.98. The molecular formula is C13H20N2. The Bertz CT molecular complexity index is 284. The maximum absolute atomic E-state index is 4.01. The molecule has 2 unspecified atom stereocenters. The van der Waals surface area contributed by atoms with Crippen molar-refractivity contribution in [2.75, 3.05) is 11.9 Å². The average Bonchev–Trinajstić information content (AvgIpc) is 2.28. The van der Waals surface area contributed by atoms with Crippen LogP contribution < -0.4 is 5.32 Å². The second-order valence-corrected chi connectivity index (χ2v) is 4.75. The van der Waals surface area contributed by atoms with E-state index in [0.29, 0.717) is 0 Å². The maximum atomic E-state index is 4.01. The predicted octanol–water partition coefficient (Wildman–Crippen LogP) is 3.32. The third kappa shape index (κ3) is 3.22. The zero-order valence-corrected chi connectivity index (χ0v) is 9.45. The third-order valence-corrected chi connectivity index (χ3v) is 3.32. The lowest BCUT2D eigenvalue weighted by molar-refractivity contribution is 0.293. The number of nitrogens with one attached hydrogen (secondary N) is 1. The van der Waals surface area contributed by atoms with Crippen molar-refractivity contribution < 1.29 is 0 Å². The molecule has 0 amide bonds. The van der Waals surface area contributed by atoms with Gasteiger partial charge in [-0.2, -0.15) is 0 Å². The molecule has 1 saturated carbocycles. The maximum Gasteiger partial charge on any atom is 0.0371 e. The fraction of sp³-hybridized carbons (Fsp3) is 0.615. The van der Waals surface area contributed by atoms with E-state index in [9.17, 15) is 0 Å². The van der Waals surface area contributed by atoms with E-state index in [0.717, 1.165) is 18.4 Å². The minimum atomic E-state index is 0.863. The first kappa shape index (κ1) is 10.5. The first-order valence-electron chi connectivity index (χ1n) is 5.98. The van der Waals surface area contributed by atoms with Crippen LogP contribution in [-0.4, -0.2) is 11.5 Å². The minimum Gasteiger partial charge on any atom is -0.385 e. The molecule has 0 saturated heterocycles. The summed E-state index contributed by atoms with van der Waals surface area (Å²) in [7, 11) is 0. The minimum absolute atomic E-state index is 0.863. The number of aromatic nitrogens is 1. The van der Waals surface area contributed by atoms with E-state index in [1.54, 1.807) is 0 Å². The van der Waals surface area contributed by atoms with Crippen molar-refractivity contribution in [1.82, 2.24) is 4.98 Å². The molecule has 82 valence electrons. The van der Waals surface area contributed by atoms with Gasteiger partial charge in [-0.05, 0) is 36.8 Å². The SMILES string of the molecule is CC1CCCC(CNc2ccncc2)C1. The number of rotatable bonds is 3. The van der Waals surface area contributed by atoms with E-state index in [4.69, 9.17) is 0 Å². The molecule has 1 aromatic rings. The molecule has 2 nitrogen and oxygen atoms in total. The summed E-state index contributed by atoms with van der Waals surface area (Å²) in [5, 5.41) is 3.49. The van der Waals surface area contributed by atoms with Crippen LogP contribution >= 0.6 is 0 Å². The lowest BCUT2D eigenvalue weighted by atomic mass is 9.82. The molecule has 0 bridgehead atoms. The van der Waals surface area contributed by atoms with Gasteiger partial charge >= 0.3 is 0 Å². The van der Waals surface area contributed by atoms with E-state index in [2.05, 4.69) is 17.2 Å². The van der Waals surface area contributed by atoms with Gasteiger partial charge in [-0.25, -0.2) is 0 Å². The van der Waals surface area contributed by atoms with Crippen molar-refractivity contribution in [3.05, 3.63) is 24.5 Å². The molecule has 1 fully saturated rings. The largest absolute Gasteiger partial charge is 0.385 e. The summed E-state index contributed by atoms with van der Waals surface area (Å²) in [6.45, 7) is 3.49. The summed E-state index contributed by atoms with van der Waals surface area (Å²) in [5.74, 6) is 1.78. The Kier molecular flexibility index (Phi) is 3.59. The summed E-state index contributed by atoms with van der Waals surface area (Å²) in [6, 6.07) is 4.07. The molecular weight excluding hydrogens is 184 g/mol. The van der Waals surface area contributed by atoms with Crippen LogP contribution in [0.5, 0.6) is 0 Å². The summed E-state index contributed by atoms with van der Waals surface area (Å²) in [5.41, 5.74) is 1.20. The van der Waals surface area contributed by atoms with E-state index < -0.39 is 0 Å². The number of hydrogen-bond acceptors (Lipinski definition) is 2. The highest BCUT2D eigenvalue weighted by Crippen LogP contribution is 2.28. The van der Waals surface area contributed by atoms with Gasteiger partial charge in [0.25, 0.3) is 0 Å². The van der Waals surface area contributed by atoms with E-state index in [-0.39, 0.29) is 0 Å². The van der Waals surface area contributed by atoms with E-state index in [1.165, 1.54) is 31.4 Å². The van der Waals surface area contributed by atoms with Gasteiger partial charge < -0.3 is 5.32 Å². The highest BCUT2D eigenvalue weighted by molar-refractivity contribution is 5.40. The van der Waals surface area contributed by atoms with Crippen molar-refractivity contribution in [2.45, 2.75) is 32.6 Å². The van der Waals surface area contributed by atoms with E-state index in [1.807, 2.05) is 24.5 Å². The van der Waals surface area contributed by atoms with Gasteiger partial charge in [0.15, 0.2) is 0 Å². The Labute approximate surface area is 92.1 Å². The van der Waals surface area contributed by atoms with Crippen LogP contribution in [0.1, 0.15) is 32.6 Å². The molecule has 1 aliphatic carbocycles. The number of pyridine rings is 1. The lowest BCUT2D eigenvalue weighted by Gasteiger charge is -2.27. The average molecular weight is 204 g/mol. The van der Waals surface area contributed by atoms with E-state index >= 15 is 0 Å². The lowest BCUT2D eigenvalue weighted by Crippen LogP contribution is -2.20. The summed E-state index contributed by atoms with van der Waals surface area (Å²) < 4.78 is 0. The monoisotopic (exact) mass is 204 g/mol. The van der Waals surface area contributed by atoms with Gasteiger partial charge in [-0.1, -0.05) is 19.8 Å². The van der Waals surface area contributed by atoms with Crippen LogP contribution in [0.3, 0.4) is 0 Å². The van der Waals surface area contributed by atoms with Crippen LogP contribution in [0.2, 0.25) is 0 Å². The zero-order valence-electron chi connectivity index (χ0n) is 9.45. The van der Waals surface area contributed by atoms with Crippen molar-refractivity contribution in [3.8, 4) is 0 Å². The molecule has 1 aromatic heterocycles. The van der Waals surface area contributed by atoms with Gasteiger partial charge in [-0.15, -0.1) is 0 Å². The second kappa shape index (κ2) is 5.15. The molecule has 0 aromatic carbocycles. The quantitative estimate of drug-likeness (QED) is 0.817. The topological polar surface area (TPSA) is 24.9 Å². The van der Waals surface area contributed by atoms with Gasteiger partial charge in [0.05, 0.1) is 0 Å². The zero-order chi connectivity index (χ0) is 10.5. The fourth-order valence-electron chi connectivity index (χ4n) is 2.48. The van der Waals surface area contributed by atoms with Gasteiger partial charge in [0.1, 0.15) is 0 Å². The number of hydrogen-bond donors (Lipinski definition) is 1. The van der Waals surface area contributed by atoms with Gasteiger partial charge in [0.2, 0.25) is 0 Å². The number of anilines is 1. The third-order valence-electron chi connectivity index (χ3n) is 3.32. The van der Waals surface area contributed by atoms with Crippen molar-refractivity contribution in [3.63, 3.8) is 0 Å². The molecule has 2 rings (SSSR count). The Morgan fingerprint density at radius 1 is 1.33 bits per heavy atom. The van der Waals surface area contributed by atoms with Crippen molar-refractivity contribution >= 4 is 5.69 Å². The standard InChI is InChI=1S/C13H20N2/c1-11-3-2-4-12(9-11)10-15-13-5-7-14-8-6-13/h5-8,11-12H,2-4,9-10H2,1H3,(H,14,15). The molecule has 15 heavy (non-hydrogen) atoms. The highest BCUT2D eigenvalue weighted by Gasteiger charge is 2.18. The first-order chi connectivity index (χ1) is 7.34. The highest BCUT2D eigenvalue weighted by atomic mass is 14.9. The molecule has 0 aliphatic heterocycles. The fourth-order valence-corrected chi connectivity index (χ4v) is 2.48. The Morgan fingerprint density at radius 3 is 2.87 bits per heavy atom. The Morgan fingerprint density at radius 2 is 2.13 bits per heavy atom. The summed E-state index contributed by atoms with van der Waals surface area (Å²) >= 11 is 0. The van der Waals surface area contributed by atoms with Crippen molar-refractivity contribution in [2.24, 2.45) is 11.8 Å². The molecule has 2 atom stereocenters. The predicted molar refractivity (Wildman–Crippen MR) is 63.8 cm³/mol. The smallest absolute Gasteiger partial charge is 0.0371 e. The normalized spacial score (nSPS) is 26.2. The summed E-state index contributed by atoms with van der Waals surface area (Å²) in [6.07, 6.45) is 9.29. The Balaban J connectivity index is 1.78. The summed E-state index contributed by atoms with van der Waals surface area (Å²) in [4.78, 5) is 4.01. The number of nitrogens with zero attached hydrogens (tertiary/aromatic N) is 1. The van der Waals surface area contributed by atoms with Crippen LogP contribution in [0.4, 0.5) is 5.69 Å². The van der Waals surface area contributed by atoms with Gasteiger partial charge in [0, 0.05) is 24.6 Å². The van der Waals surface area contributed by atoms with Gasteiger partial charge in [-0.3, -0.25) is 4.98 Å². The molecule has 1 aliphatic rings. The molecule has 2 heteroatoms. The van der Waals surface area contributed by atoms with Crippen LogP contribution in [-0.2, 0) is 0 Å². The Hall–Kier alpha value is -1.05. The van der Waals surface area contributed by atoms with Crippen LogP contribution in [0.25, 0.3) is 0 Å². The van der Waals surface area contributed by atoms with Crippen LogP contribution in [0, 0.1) is 11.8 Å². The molecule has 1 heterocycles. The molecule has 1 N–H and O–H groups in total. The second-order valence-electron chi connectivity index (χ2n) is 4.75.